The molecule has 6 nitrogen and oxygen atoms in total. The molecule has 1 aliphatic rings. The molecule has 28 heavy (non-hydrogen) atoms. The van der Waals surface area contributed by atoms with Crippen molar-refractivity contribution in [3.8, 4) is 0 Å². The number of rotatable bonds is 4. The molecule has 0 bridgehead atoms. The summed E-state index contributed by atoms with van der Waals surface area (Å²) in [6.07, 6.45) is 1.56. The molecule has 1 aliphatic heterocycles. The largest absolute Gasteiger partial charge is 0.307 e. The number of fused-ring (bicyclic) bond motifs is 1. The number of hydrogen-bond acceptors (Lipinski definition) is 4. The molecule has 0 radical (unpaired) electrons. The lowest BCUT2D eigenvalue weighted by Gasteiger charge is -2.14. The molecule has 3 amide bonds. The highest BCUT2D eigenvalue weighted by molar-refractivity contribution is 6.31. The minimum atomic E-state index is -0.451. The van der Waals surface area contributed by atoms with Crippen LogP contribution < -0.4 is 5.32 Å². The highest BCUT2D eigenvalue weighted by atomic mass is 35.5. The predicted octanol–water partition coefficient (Wildman–Crippen LogP) is 3.78. The summed E-state index contributed by atoms with van der Waals surface area (Å²) in [7, 11) is 0. The van der Waals surface area contributed by atoms with Crippen LogP contribution in [0.1, 0.15) is 36.6 Å². The lowest BCUT2D eigenvalue weighted by atomic mass is 10.1. The summed E-state index contributed by atoms with van der Waals surface area (Å²) in [5.41, 5.74) is 1.41. The van der Waals surface area contributed by atoms with Gasteiger partial charge in [-0.05, 0) is 42.0 Å². The molecule has 0 fully saturated rings. The smallest absolute Gasteiger partial charge is 0.261 e. The monoisotopic (exact) mass is 391 g/mol. The maximum Gasteiger partial charge on any atom is 0.261 e. The Balaban J connectivity index is 1.59. The SMILES string of the molecule is O=C(Nc1ccccn1)c1ccc2c(c1)C(=O)N(Cc1ccccc1Cl)C2=O. The van der Waals surface area contributed by atoms with Gasteiger partial charge < -0.3 is 5.32 Å². The molecule has 138 valence electrons. The molecule has 0 saturated carbocycles. The van der Waals surface area contributed by atoms with Gasteiger partial charge in [0.15, 0.2) is 0 Å². The Morgan fingerprint density at radius 2 is 1.71 bits per heavy atom. The number of benzene rings is 2. The van der Waals surface area contributed by atoms with Gasteiger partial charge in [0.05, 0.1) is 17.7 Å². The van der Waals surface area contributed by atoms with Crippen molar-refractivity contribution in [3.63, 3.8) is 0 Å². The summed E-state index contributed by atoms with van der Waals surface area (Å²) in [6, 6.07) is 16.6. The van der Waals surface area contributed by atoms with E-state index >= 15 is 0 Å². The first kappa shape index (κ1) is 17.9. The molecular formula is C21H14ClN3O3. The standard InChI is InChI=1S/C21H14ClN3O3/c22-17-6-2-1-5-14(17)12-25-20(27)15-9-8-13(11-16(15)21(25)28)19(26)24-18-7-3-4-10-23-18/h1-11H,12H2,(H,23,24,26). The van der Waals surface area contributed by atoms with Gasteiger partial charge in [-0.2, -0.15) is 0 Å². The van der Waals surface area contributed by atoms with Crippen LogP contribution in [0.25, 0.3) is 0 Å². The number of pyridine rings is 1. The average molecular weight is 392 g/mol. The molecule has 0 aliphatic carbocycles. The van der Waals surface area contributed by atoms with Crippen molar-refractivity contribution in [3.05, 3.63) is 94.1 Å². The number of aromatic nitrogens is 1. The third-order valence-electron chi connectivity index (χ3n) is 4.43. The van der Waals surface area contributed by atoms with E-state index in [0.29, 0.717) is 16.4 Å². The highest BCUT2D eigenvalue weighted by Gasteiger charge is 2.36. The third kappa shape index (κ3) is 3.25. The molecule has 1 aromatic heterocycles. The fraction of sp³-hybridized carbons (Fsp3) is 0.0476. The second-order valence-corrected chi connectivity index (χ2v) is 6.62. The number of halogens is 1. The van der Waals surface area contributed by atoms with Crippen LogP contribution >= 0.6 is 11.6 Å². The maximum absolute atomic E-state index is 12.8. The van der Waals surface area contributed by atoms with Gasteiger partial charge in [0, 0.05) is 16.8 Å². The van der Waals surface area contributed by atoms with Crippen LogP contribution in [0.3, 0.4) is 0 Å². The zero-order valence-corrected chi connectivity index (χ0v) is 15.3. The van der Waals surface area contributed by atoms with Crippen LogP contribution in [0.15, 0.2) is 66.9 Å². The molecule has 1 N–H and O–H groups in total. The molecular weight excluding hydrogens is 378 g/mol. The second-order valence-electron chi connectivity index (χ2n) is 6.22. The number of carbonyl (C=O) groups excluding carboxylic acids is 3. The summed E-state index contributed by atoms with van der Waals surface area (Å²) in [5.74, 6) is -0.869. The first-order valence-corrected chi connectivity index (χ1v) is 8.88. The van der Waals surface area contributed by atoms with Crippen LogP contribution in [0.2, 0.25) is 5.02 Å². The normalized spacial score (nSPS) is 12.8. The summed E-state index contributed by atoms with van der Waals surface area (Å²) in [4.78, 5) is 43.0. The Kier molecular flexibility index (Phi) is 4.63. The van der Waals surface area contributed by atoms with E-state index in [1.807, 2.05) is 0 Å². The molecule has 0 atom stereocenters. The van der Waals surface area contributed by atoms with Gasteiger partial charge in [-0.3, -0.25) is 19.3 Å². The lowest BCUT2D eigenvalue weighted by Crippen LogP contribution is -2.29. The lowest BCUT2D eigenvalue weighted by molar-refractivity contribution is 0.0642. The van der Waals surface area contributed by atoms with E-state index in [4.69, 9.17) is 11.6 Å². The van der Waals surface area contributed by atoms with Crippen LogP contribution in [-0.2, 0) is 6.54 Å². The number of hydrogen-bond donors (Lipinski definition) is 1. The third-order valence-corrected chi connectivity index (χ3v) is 4.79. The molecule has 4 rings (SSSR count). The van der Waals surface area contributed by atoms with Crippen molar-refractivity contribution in [2.24, 2.45) is 0 Å². The Labute approximate surface area is 165 Å². The van der Waals surface area contributed by atoms with Gasteiger partial charge >= 0.3 is 0 Å². The van der Waals surface area contributed by atoms with Gasteiger partial charge in [-0.1, -0.05) is 35.9 Å². The van der Waals surface area contributed by atoms with Crippen molar-refractivity contribution in [2.45, 2.75) is 6.54 Å². The molecule has 2 aromatic carbocycles. The molecule has 3 aromatic rings. The van der Waals surface area contributed by atoms with E-state index in [2.05, 4.69) is 10.3 Å². The summed E-state index contributed by atoms with van der Waals surface area (Å²) in [6.45, 7) is 0.0709. The fourth-order valence-corrected chi connectivity index (χ4v) is 3.19. The first-order chi connectivity index (χ1) is 13.5. The van der Waals surface area contributed by atoms with E-state index < -0.39 is 17.7 Å². The van der Waals surface area contributed by atoms with Crippen molar-refractivity contribution in [1.29, 1.82) is 0 Å². The van der Waals surface area contributed by atoms with Gasteiger partial charge in [-0.25, -0.2) is 4.98 Å². The van der Waals surface area contributed by atoms with Gasteiger partial charge in [0.25, 0.3) is 17.7 Å². The van der Waals surface area contributed by atoms with Crippen LogP contribution in [-0.4, -0.2) is 27.6 Å². The van der Waals surface area contributed by atoms with Crippen molar-refractivity contribution in [1.82, 2.24) is 9.88 Å². The zero-order valence-electron chi connectivity index (χ0n) is 14.6. The summed E-state index contributed by atoms with van der Waals surface area (Å²) in [5, 5.41) is 3.14. The molecule has 0 saturated heterocycles. The molecule has 0 spiro atoms. The second kappa shape index (κ2) is 7.25. The van der Waals surface area contributed by atoms with E-state index in [1.165, 1.54) is 18.2 Å². The average Bonchev–Trinajstić information content (AvgIpc) is 2.95. The predicted molar refractivity (Wildman–Crippen MR) is 104 cm³/mol. The van der Waals surface area contributed by atoms with Gasteiger partial charge in [-0.15, -0.1) is 0 Å². The Morgan fingerprint density at radius 3 is 2.46 bits per heavy atom. The fourth-order valence-electron chi connectivity index (χ4n) is 3.00. The van der Waals surface area contributed by atoms with Crippen molar-refractivity contribution >= 4 is 35.1 Å². The van der Waals surface area contributed by atoms with E-state index in [1.54, 1.807) is 48.7 Å². The Bertz CT molecular complexity index is 1100. The molecule has 0 unspecified atom stereocenters. The topological polar surface area (TPSA) is 79.4 Å². The summed E-state index contributed by atoms with van der Waals surface area (Å²) >= 11 is 6.15. The van der Waals surface area contributed by atoms with E-state index in [9.17, 15) is 14.4 Å². The number of nitrogens with one attached hydrogen (secondary N) is 1. The minimum absolute atomic E-state index is 0.0709. The van der Waals surface area contributed by atoms with E-state index in [-0.39, 0.29) is 23.2 Å². The van der Waals surface area contributed by atoms with E-state index in [0.717, 1.165) is 4.90 Å². The van der Waals surface area contributed by atoms with Gasteiger partial charge in [0.1, 0.15) is 5.82 Å². The summed E-state index contributed by atoms with van der Waals surface area (Å²) < 4.78 is 0. The Hall–Kier alpha value is -3.51. The molecule has 7 heteroatoms. The number of nitrogens with zero attached hydrogens (tertiary/aromatic N) is 2. The molecule has 2 heterocycles. The van der Waals surface area contributed by atoms with Crippen molar-refractivity contribution < 1.29 is 14.4 Å². The number of amides is 3. The zero-order chi connectivity index (χ0) is 19.7. The Morgan fingerprint density at radius 1 is 0.964 bits per heavy atom. The first-order valence-electron chi connectivity index (χ1n) is 8.50. The van der Waals surface area contributed by atoms with Crippen LogP contribution in [0.5, 0.6) is 0 Å². The maximum atomic E-state index is 12.8. The van der Waals surface area contributed by atoms with Crippen LogP contribution in [0.4, 0.5) is 5.82 Å². The quantitative estimate of drug-likeness (QED) is 0.686. The van der Waals surface area contributed by atoms with Crippen LogP contribution in [0, 0.1) is 0 Å². The minimum Gasteiger partial charge on any atom is -0.307 e. The number of carbonyl (C=O) groups is 3. The number of anilines is 1. The number of imide groups is 1. The highest BCUT2D eigenvalue weighted by Crippen LogP contribution is 2.27. The van der Waals surface area contributed by atoms with Crippen molar-refractivity contribution in [2.75, 3.05) is 5.32 Å². The van der Waals surface area contributed by atoms with Gasteiger partial charge in [0.2, 0.25) is 0 Å².